The van der Waals surface area contributed by atoms with Gasteiger partial charge in [-0.2, -0.15) is 0 Å². The number of rotatable bonds is 6. The van der Waals surface area contributed by atoms with Gasteiger partial charge in [0.05, 0.1) is 23.7 Å². The number of hydrogen-bond acceptors (Lipinski definition) is 4. The molecule has 142 valence electrons. The summed E-state index contributed by atoms with van der Waals surface area (Å²) in [7, 11) is 0. The van der Waals surface area contributed by atoms with Gasteiger partial charge in [0.1, 0.15) is 0 Å². The number of carboxylic acid groups (broad SMARTS) is 1. The number of aromatic nitrogens is 1. The molecule has 2 atom stereocenters. The highest BCUT2D eigenvalue weighted by Gasteiger charge is 2.34. The Morgan fingerprint density at radius 3 is 2.56 bits per heavy atom. The van der Waals surface area contributed by atoms with Crippen LogP contribution >= 0.6 is 0 Å². The zero-order valence-electron chi connectivity index (χ0n) is 15.5. The van der Waals surface area contributed by atoms with Gasteiger partial charge in [-0.15, -0.1) is 0 Å². The summed E-state index contributed by atoms with van der Waals surface area (Å²) in [5.41, 5.74) is 2.73. The van der Waals surface area contributed by atoms with Crippen molar-refractivity contribution in [2.75, 3.05) is 25.0 Å². The van der Waals surface area contributed by atoms with E-state index in [1.165, 1.54) is 5.56 Å². The number of pyridine rings is 1. The lowest BCUT2D eigenvalue weighted by molar-refractivity contribution is -0.145. The van der Waals surface area contributed by atoms with Gasteiger partial charge in [-0.05, 0) is 37.5 Å². The maximum absolute atomic E-state index is 12.7. The number of carbonyl (C=O) groups excluding carboxylic acids is 1. The predicted molar refractivity (Wildman–Crippen MR) is 103 cm³/mol. The molecule has 1 aliphatic rings. The van der Waals surface area contributed by atoms with Crippen molar-refractivity contribution in [3.05, 3.63) is 59.9 Å². The van der Waals surface area contributed by atoms with E-state index in [2.05, 4.69) is 27.3 Å². The van der Waals surface area contributed by atoms with Crippen LogP contribution in [0.2, 0.25) is 0 Å². The summed E-state index contributed by atoms with van der Waals surface area (Å²) in [5, 5.41) is 12.4. The van der Waals surface area contributed by atoms with Crippen LogP contribution < -0.4 is 5.32 Å². The average molecular weight is 367 g/mol. The number of likely N-dealkylation sites (tertiary alicyclic amines) is 1. The summed E-state index contributed by atoms with van der Waals surface area (Å²) in [5.74, 6) is -1.86. The van der Waals surface area contributed by atoms with Crippen molar-refractivity contribution >= 4 is 17.6 Å². The first kappa shape index (κ1) is 19.0. The molecule has 1 aromatic carbocycles. The fraction of sp³-hybridized carbons (Fsp3) is 0.381. The summed E-state index contributed by atoms with van der Waals surface area (Å²) >= 11 is 0. The fourth-order valence-electron chi connectivity index (χ4n) is 3.46. The van der Waals surface area contributed by atoms with Crippen LogP contribution in [-0.4, -0.2) is 46.5 Å². The highest BCUT2D eigenvalue weighted by molar-refractivity contribution is 5.93. The Hall–Kier alpha value is -2.73. The molecule has 1 amide bonds. The van der Waals surface area contributed by atoms with Crippen molar-refractivity contribution in [1.82, 2.24) is 9.88 Å². The van der Waals surface area contributed by atoms with Crippen LogP contribution in [0.3, 0.4) is 0 Å². The van der Waals surface area contributed by atoms with Gasteiger partial charge in [-0.1, -0.05) is 30.3 Å². The average Bonchev–Trinajstić information content (AvgIpc) is 2.68. The zero-order valence-corrected chi connectivity index (χ0v) is 15.5. The molecule has 1 aromatic heterocycles. The lowest BCUT2D eigenvalue weighted by Crippen LogP contribution is -2.47. The monoisotopic (exact) mass is 367 g/mol. The Balaban J connectivity index is 1.63. The number of carboxylic acids is 1. The zero-order chi connectivity index (χ0) is 19.2. The first-order chi connectivity index (χ1) is 13.0. The number of anilines is 1. The van der Waals surface area contributed by atoms with E-state index in [1.807, 2.05) is 37.3 Å². The van der Waals surface area contributed by atoms with E-state index in [-0.39, 0.29) is 11.8 Å². The van der Waals surface area contributed by atoms with E-state index >= 15 is 0 Å². The van der Waals surface area contributed by atoms with Gasteiger partial charge in [-0.3, -0.25) is 14.6 Å². The van der Waals surface area contributed by atoms with E-state index in [1.54, 1.807) is 6.20 Å². The van der Waals surface area contributed by atoms with E-state index < -0.39 is 11.9 Å². The highest BCUT2D eigenvalue weighted by Crippen LogP contribution is 2.24. The van der Waals surface area contributed by atoms with E-state index in [4.69, 9.17) is 0 Å². The SMILES string of the molecule is Cc1ccc(NC(=O)[C@@H]2C[C@@H](C(=O)O)CN(CCc3ccccc3)C2)cn1. The molecular formula is C21H25N3O3. The Morgan fingerprint density at radius 1 is 1.15 bits per heavy atom. The summed E-state index contributed by atoms with van der Waals surface area (Å²) in [4.78, 5) is 30.5. The van der Waals surface area contributed by atoms with Crippen LogP contribution in [0.15, 0.2) is 48.7 Å². The number of hydrogen-bond donors (Lipinski definition) is 2. The van der Waals surface area contributed by atoms with Crippen molar-refractivity contribution in [3.63, 3.8) is 0 Å². The third kappa shape index (κ3) is 5.37. The van der Waals surface area contributed by atoms with Crippen LogP contribution in [0.5, 0.6) is 0 Å². The maximum Gasteiger partial charge on any atom is 0.307 e. The normalized spacial score (nSPS) is 20.2. The molecule has 6 heteroatoms. The molecule has 27 heavy (non-hydrogen) atoms. The van der Waals surface area contributed by atoms with Crippen LogP contribution in [0.1, 0.15) is 17.7 Å². The van der Waals surface area contributed by atoms with Gasteiger partial charge in [0.25, 0.3) is 0 Å². The molecule has 0 unspecified atom stereocenters. The van der Waals surface area contributed by atoms with Gasteiger partial charge < -0.3 is 15.3 Å². The van der Waals surface area contributed by atoms with E-state index in [0.717, 1.165) is 18.7 Å². The Kier molecular flexibility index (Phi) is 6.19. The van der Waals surface area contributed by atoms with Crippen LogP contribution in [-0.2, 0) is 16.0 Å². The highest BCUT2D eigenvalue weighted by atomic mass is 16.4. The number of aryl methyl sites for hydroxylation is 1. The van der Waals surface area contributed by atoms with E-state index in [9.17, 15) is 14.7 Å². The molecule has 1 fully saturated rings. The Morgan fingerprint density at radius 2 is 1.89 bits per heavy atom. The van der Waals surface area contributed by atoms with Crippen molar-refractivity contribution in [2.45, 2.75) is 19.8 Å². The minimum Gasteiger partial charge on any atom is -0.481 e. The third-order valence-corrected chi connectivity index (χ3v) is 4.98. The lowest BCUT2D eigenvalue weighted by Gasteiger charge is -2.35. The van der Waals surface area contributed by atoms with Crippen molar-refractivity contribution in [1.29, 1.82) is 0 Å². The molecule has 1 aliphatic heterocycles. The lowest BCUT2D eigenvalue weighted by atomic mass is 9.88. The third-order valence-electron chi connectivity index (χ3n) is 4.98. The van der Waals surface area contributed by atoms with Crippen molar-refractivity contribution in [2.24, 2.45) is 11.8 Å². The number of aliphatic carboxylic acids is 1. The predicted octanol–water partition coefficient (Wildman–Crippen LogP) is 2.59. The molecule has 3 rings (SSSR count). The first-order valence-electron chi connectivity index (χ1n) is 9.24. The number of benzene rings is 1. The number of amides is 1. The molecule has 0 bridgehead atoms. The number of carbonyl (C=O) groups is 2. The second kappa shape index (κ2) is 8.77. The topological polar surface area (TPSA) is 82.5 Å². The summed E-state index contributed by atoms with van der Waals surface area (Å²) < 4.78 is 0. The second-order valence-electron chi connectivity index (χ2n) is 7.14. The molecule has 0 saturated carbocycles. The molecule has 1 saturated heterocycles. The van der Waals surface area contributed by atoms with Crippen LogP contribution in [0.4, 0.5) is 5.69 Å². The summed E-state index contributed by atoms with van der Waals surface area (Å²) in [6.07, 6.45) is 2.82. The molecule has 2 N–H and O–H groups in total. The second-order valence-corrected chi connectivity index (χ2v) is 7.14. The smallest absolute Gasteiger partial charge is 0.307 e. The number of nitrogens with one attached hydrogen (secondary N) is 1. The molecule has 0 aliphatic carbocycles. The van der Waals surface area contributed by atoms with Gasteiger partial charge in [0, 0.05) is 25.3 Å². The Bertz CT molecular complexity index is 777. The minimum absolute atomic E-state index is 0.142. The fourth-order valence-corrected chi connectivity index (χ4v) is 3.46. The van der Waals surface area contributed by atoms with Gasteiger partial charge in [0.15, 0.2) is 0 Å². The molecule has 2 heterocycles. The number of nitrogens with zero attached hydrogens (tertiary/aromatic N) is 2. The van der Waals surface area contributed by atoms with Gasteiger partial charge >= 0.3 is 5.97 Å². The largest absolute Gasteiger partial charge is 0.481 e. The Labute approximate surface area is 159 Å². The van der Waals surface area contributed by atoms with Gasteiger partial charge in [-0.25, -0.2) is 0 Å². The van der Waals surface area contributed by atoms with Crippen LogP contribution in [0, 0.1) is 18.8 Å². The van der Waals surface area contributed by atoms with Crippen molar-refractivity contribution < 1.29 is 14.7 Å². The first-order valence-corrected chi connectivity index (χ1v) is 9.24. The van der Waals surface area contributed by atoms with E-state index in [0.29, 0.717) is 25.2 Å². The summed E-state index contributed by atoms with van der Waals surface area (Å²) in [6.45, 7) is 3.68. The van der Waals surface area contributed by atoms with Crippen LogP contribution in [0.25, 0.3) is 0 Å². The quantitative estimate of drug-likeness (QED) is 0.820. The molecule has 2 aromatic rings. The standard InChI is InChI=1S/C21H25N3O3/c1-15-7-8-19(12-22-15)23-20(25)17-11-18(21(26)27)14-24(13-17)10-9-16-5-3-2-4-6-16/h2-8,12,17-18H,9-11,13-14H2,1H3,(H,23,25)(H,26,27)/t17-,18-/m1/s1. The number of piperidine rings is 1. The molecule has 0 radical (unpaired) electrons. The molecule has 6 nitrogen and oxygen atoms in total. The maximum atomic E-state index is 12.7. The minimum atomic E-state index is -0.839. The molecular weight excluding hydrogens is 342 g/mol. The van der Waals surface area contributed by atoms with Gasteiger partial charge in [0.2, 0.25) is 5.91 Å². The summed E-state index contributed by atoms with van der Waals surface area (Å²) in [6, 6.07) is 13.7. The van der Waals surface area contributed by atoms with Crippen molar-refractivity contribution in [3.8, 4) is 0 Å². The molecule has 0 spiro atoms.